The highest BCUT2D eigenvalue weighted by Crippen LogP contribution is 2.24. The molecule has 3 heterocycles. The number of hydrogen-bond donors (Lipinski definition) is 2. The summed E-state index contributed by atoms with van der Waals surface area (Å²) in [5.74, 6) is 2.82. The monoisotopic (exact) mass is 342 g/mol. The number of anilines is 2. The van der Waals surface area contributed by atoms with Gasteiger partial charge in [0.2, 0.25) is 0 Å². The van der Waals surface area contributed by atoms with Crippen LogP contribution in [0.3, 0.4) is 0 Å². The number of nitrogens with one attached hydrogen (secondary N) is 1. The van der Waals surface area contributed by atoms with Gasteiger partial charge < -0.3 is 15.3 Å². The number of aliphatic hydroxyl groups excluding tert-OH is 1. The molecule has 0 aromatic carbocycles. The molecule has 7 heteroatoms. The maximum absolute atomic E-state index is 9.35. The molecule has 0 saturated heterocycles. The highest BCUT2D eigenvalue weighted by Gasteiger charge is 2.21. The summed E-state index contributed by atoms with van der Waals surface area (Å²) >= 11 is 0. The van der Waals surface area contributed by atoms with Crippen molar-refractivity contribution in [2.45, 2.75) is 52.1 Å². The lowest BCUT2D eigenvalue weighted by atomic mass is 10.1. The first-order valence-corrected chi connectivity index (χ1v) is 8.89. The van der Waals surface area contributed by atoms with E-state index in [1.807, 2.05) is 19.2 Å². The number of rotatable bonds is 6. The van der Waals surface area contributed by atoms with Gasteiger partial charge in [-0.2, -0.15) is 0 Å². The van der Waals surface area contributed by atoms with Crippen molar-refractivity contribution >= 4 is 11.6 Å². The van der Waals surface area contributed by atoms with Crippen molar-refractivity contribution in [3.8, 4) is 0 Å². The molecule has 3 rings (SSSR count). The van der Waals surface area contributed by atoms with Gasteiger partial charge in [0.05, 0.1) is 24.9 Å². The molecule has 2 aromatic rings. The molecule has 0 saturated carbocycles. The van der Waals surface area contributed by atoms with Crippen LogP contribution >= 0.6 is 0 Å². The summed E-state index contributed by atoms with van der Waals surface area (Å²) in [7, 11) is 0. The highest BCUT2D eigenvalue weighted by molar-refractivity contribution is 5.50. The van der Waals surface area contributed by atoms with Gasteiger partial charge in [0.1, 0.15) is 23.8 Å². The van der Waals surface area contributed by atoms with E-state index < -0.39 is 0 Å². The largest absolute Gasteiger partial charge is 0.394 e. The van der Waals surface area contributed by atoms with Crippen LogP contribution in [0.5, 0.6) is 0 Å². The van der Waals surface area contributed by atoms with Crippen LogP contribution in [0, 0.1) is 0 Å². The maximum Gasteiger partial charge on any atom is 0.134 e. The predicted octanol–water partition coefficient (Wildman–Crippen LogP) is 2.14. The van der Waals surface area contributed by atoms with Crippen molar-refractivity contribution in [1.29, 1.82) is 0 Å². The van der Waals surface area contributed by atoms with Gasteiger partial charge in [-0.3, -0.25) is 0 Å². The van der Waals surface area contributed by atoms with Gasteiger partial charge in [0.15, 0.2) is 0 Å². The minimum atomic E-state index is 0.00572. The fourth-order valence-corrected chi connectivity index (χ4v) is 2.88. The van der Waals surface area contributed by atoms with Crippen molar-refractivity contribution in [2.24, 2.45) is 0 Å². The van der Waals surface area contributed by atoms with E-state index in [1.165, 1.54) is 5.56 Å². The molecule has 0 fully saturated rings. The second-order valence-corrected chi connectivity index (χ2v) is 6.72. The molecule has 2 N–H and O–H groups in total. The minimum Gasteiger partial charge on any atom is -0.394 e. The van der Waals surface area contributed by atoms with E-state index in [9.17, 15) is 5.11 Å². The molecular weight excluding hydrogens is 316 g/mol. The lowest BCUT2D eigenvalue weighted by molar-refractivity contribution is 0.271. The molecule has 25 heavy (non-hydrogen) atoms. The average Bonchev–Trinajstić information content (AvgIpc) is 2.65. The Morgan fingerprint density at radius 1 is 1.28 bits per heavy atom. The molecule has 1 aliphatic rings. The lowest BCUT2D eigenvalue weighted by Gasteiger charge is -2.29. The van der Waals surface area contributed by atoms with E-state index in [4.69, 9.17) is 4.98 Å². The van der Waals surface area contributed by atoms with Crippen molar-refractivity contribution in [3.63, 3.8) is 0 Å². The van der Waals surface area contributed by atoms with Gasteiger partial charge in [-0.15, -0.1) is 0 Å². The molecule has 0 spiro atoms. The Hall–Kier alpha value is -2.28. The third-order valence-corrected chi connectivity index (χ3v) is 4.52. The molecule has 1 unspecified atom stereocenters. The molecular formula is C18H26N6O. The molecule has 1 atom stereocenters. The molecule has 0 aliphatic carbocycles. The van der Waals surface area contributed by atoms with Crippen LogP contribution in [0.4, 0.5) is 11.6 Å². The van der Waals surface area contributed by atoms with E-state index in [1.54, 1.807) is 6.33 Å². The number of aromatic nitrogens is 4. The second-order valence-electron chi connectivity index (χ2n) is 6.72. The first-order chi connectivity index (χ1) is 12.1. The Labute approximate surface area is 148 Å². The summed E-state index contributed by atoms with van der Waals surface area (Å²) in [6, 6.07) is 1.94. The predicted molar refractivity (Wildman–Crippen MR) is 97.7 cm³/mol. The molecule has 0 radical (unpaired) electrons. The van der Waals surface area contributed by atoms with Crippen LogP contribution in [-0.4, -0.2) is 44.2 Å². The van der Waals surface area contributed by atoms with Crippen molar-refractivity contribution in [2.75, 3.05) is 23.4 Å². The number of nitrogens with zero attached hydrogens (tertiary/aromatic N) is 5. The lowest BCUT2D eigenvalue weighted by Crippen LogP contribution is -2.32. The van der Waals surface area contributed by atoms with Gasteiger partial charge in [-0.25, -0.2) is 19.9 Å². The van der Waals surface area contributed by atoms with Crippen LogP contribution in [-0.2, 0) is 13.0 Å². The van der Waals surface area contributed by atoms with E-state index in [-0.39, 0.29) is 12.6 Å². The van der Waals surface area contributed by atoms with Crippen LogP contribution in [0.1, 0.15) is 50.2 Å². The molecule has 0 bridgehead atoms. The molecule has 0 amide bonds. The van der Waals surface area contributed by atoms with Gasteiger partial charge in [-0.05, 0) is 18.4 Å². The zero-order valence-corrected chi connectivity index (χ0v) is 15.1. The van der Waals surface area contributed by atoms with E-state index in [0.29, 0.717) is 5.92 Å². The number of fused-ring (bicyclic) bond motifs is 1. The SMILES string of the molecule is CCC(CO)Nc1cc(N2CCc3cnc(C(C)C)nc3C2)ncn1. The normalized spacial score (nSPS) is 15.2. The van der Waals surface area contributed by atoms with Gasteiger partial charge in [0.25, 0.3) is 0 Å². The van der Waals surface area contributed by atoms with Crippen molar-refractivity contribution < 1.29 is 5.11 Å². The Bertz CT molecular complexity index is 716. The summed E-state index contributed by atoms with van der Waals surface area (Å²) in [4.78, 5) is 20.1. The second kappa shape index (κ2) is 7.74. The molecule has 1 aliphatic heterocycles. The van der Waals surface area contributed by atoms with Gasteiger partial charge in [0, 0.05) is 24.7 Å². The van der Waals surface area contributed by atoms with Gasteiger partial charge in [-0.1, -0.05) is 20.8 Å². The van der Waals surface area contributed by atoms with Crippen LogP contribution in [0.15, 0.2) is 18.6 Å². The zero-order valence-electron chi connectivity index (χ0n) is 15.1. The summed E-state index contributed by atoms with van der Waals surface area (Å²) in [6.45, 7) is 7.94. The summed E-state index contributed by atoms with van der Waals surface area (Å²) in [5, 5.41) is 12.6. The van der Waals surface area contributed by atoms with Crippen LogP contribution in [0.25, 0.3) is 0 Å². The van der Waals surface area contributed by atoms with Gasteiger partial charge >= 0.3 is 0 Å². The molecule has 2 aromatic heterocycles. The Kier molecular flexibility index (Phi) is 5.43. The summed E-state index contributed by atoms with van der Waals surface area (Å²) < 4.78 is 0. The van der Waals surface area contributed by atoms with Crippen molar-refractivity contribution in [1.82, 2.24) is 19.9 Å². The fourth-order valence-electron chi connectivity index (χ4n) is 2.88. The fraction of sp³-hybridized carbons (Fsp3) is 0.556. The van der Waals surface area contributed by atoms with E-state index in [2.05, 4.69) is 39.0 Å². The number of aliphatic hydroxyl groups is 1. The Balaban J connectivity index is 1.78. The molecule has 134 valence electrons. The average molecular weight is 342 g/mol. The number of hydrogen-bond acceptors (Lipinski definition) is 7. The standard InChI is InChI=1S/C18H26N6O/c1-4-14(10-25)22-16-7-17(21-11-20-16)24-6-5-13-8-19-18(12(2)3)23-15(13)9-24/h7-8,11-12,14,25H,4-6,9-10H2,1-3H3,(H,20,21,22). The maximum atomic E-state index is 9.35. The van der Waals surface area contributed by atoms with Crippen LogP contribution in [0.2, 0.25) is 0 Å². The summed E-state index contributed by atoms with van der Waals surface area (Å²) in [5.41, 5.74) is 2.30. The van der Waals surface area contributed by atoms with E-state index in [0.717, 1.165) is 49.1 Å². The quantitative estimate of drug-likeness (QED) is 0.831. The summed E-state index contributed by atoms with van der Waals surface area (Å²) in [6.07, 6.45) is 5.28. The Morgan fingerprint density at radius 2 is 2.12 bits per heavy atom. The first kappa shape index (κ1) is 17.5. The molecule has 7 nitrogen and oxygen atoms in total. The first-order valence-electron chi connectivity index (χ1n) is 8.89. The van der Waals surface area contributed by atoms with Crippen LogP contribution < -0.4 is 10.2 Å². The third-order valence-electron chi connectivity index (χ3n) is 4.52. The zero-order chi connectivity index (χ0) is 17.8. The third kappa shape index (κ3) is 4.04. The van der Waals surface area contributed by atoms with E-state index >= 15 is 0 Å². The Morgan fingerprint density at radius 3 is 2.84 bits per heavy atom. The topological polar surface area (TPSA) is 87.1 Å². The van der Waals surface area contributed by atoms with Crippen molar-refractivity contribution in [3.05, 3.63) is 35.7 Å². The smallest absolute Gasteiger partial charge is 0.134 e. The minimum absolute atomic E-state index is 0.00572. The highest BCUT2D eigenvalue weighted by atomic mass is 16.3.